The Hall–Kier alpha value is -2.39. The summed E-state index contributed by atoms with van der Waals surface area (Å²) in [6.45, 7) is 0.699. The molecule has 1 aromatic heterocycles. The summed E-state index contributed by atoms with van der Waals surface area (Å²) in [6.07, 6.45) is -1.55. The van der Waals surface area contributed by atoms with E-state index in [-0.39, 0.29) is 11.0 Å². The first-order valence-corrected chi connectivity index (χ1v) is 10.7. The van der Waals surface area contributed by atoms with Gasteiger partial charge >= 0.3 is 6.18 Å². The van der Waals surface area contributed by atoms with Gasteiger partial charge in [0, 0.05) is 13.0 Å². The molecule has 0 aliphatic carbocycles. The first-order valence-electron chi connectivity index (χ1n) is 9.27. The summed E-state index contributed by atoms with van der Waals surface area (Å²) < 4.78 is 71.8. The number of benzene rings is 2. The van der Waals surface area contributed by atoms with Crippen molar-refractivity contribution >= 4 is 21.1 Å². The summed E-state index contributed by atoms with van der Waals surface area (Å²) >= 11 is 0. The highest BCUT2D eigenvalue weighted by molar-refractivity contribution is 7.90. The second-order valence-electron chi connectivity index (χ2n) is 6.98. The van der Waals surface area contributed by atoms with E-state index in [1.54, 1.807) is 24.3 Å². The predicted molar refractivity (Wildman–Crippen MR) is 101 cm³/mol. The third-order valence-corrected chi connectivity index (χ3v) is 6.77. The Morgan fingerprint density at radius 1 is 1.10 bits per heavy atom. The SMILES string of the molecule is O=S(=O)(c1ccc(C(F)(F)F)cc1)n1c(CCC2CCCO2)nc2ccccc21. The number of alkyl halides is 3. The van der Waals surface area contributed by atoms with Gasteiger partial charge in [-0.05, 0) is 55.7 Å². The molecule has 1 atom stereocenters. The van der Waals surface area contributed by atoms with Crippen LogP contribution in [0.3, 0.4) is 0 Å². The standard InChI is InChI=1S/C20H19F3N2O3S/c21-20(22,23)14-7-10-16(11-8-14)29(26,27)25-18-6-2-1-5-17(18)24-19(25)12-9-15-4-3-13-28-15/h1-2,5-8,10-11,15H,3-4,9,12-13H2. The maximum atomic E-state index is 13.3. The summed E-state index contributed by atoms with van der Waals surface area (Å²) in [5.74, 6) is 0.349. The molecule has 1 fully saturated rings. The number of nitrogens with zero attached hydrogens (tertiary/aromatic N) is 2. The van der Waals surface area contributed by atoms with Crippen LogP contribution < -0.4 is 0 Å². The molecular weight excluding hydrogens is 405 g/mol. The molecule has 5 nitrogen and oxygen atoms in total. The van der Waals surface area contributed by atoms with Crippen molar-refractivity contribution in [3.63, 3.8) is 0 Å². The van der Waals surface area contributed by atoms with Gasteiger partial charge in [0.05, 0.1) is 27.6 Å². The Morgan fingerprint density at radius 3 is 2.48 bits per heavy atom. The summed E-state index contributed by atoms with van der Waals surface area (Å²) in [5, 5.41) is 0. The van der Waals surface area contributed by atoms with Crippen LogP contribution in [0.25, 0.3) is 11.0 Å². The molecule has 2 heterocycles. The summed E-state index contributed by atoms with van der Waals surface area (Å²) in [4.78, 5) is 4.25. The van der Waals surface area contributed by atoms with Crippen LogP contribution in [0.1, 0.15) is 30.7 Å². The van der Waals surface area contributed by atoms with Crippen LogP contribution in [0.15, 0.2) is 53.4 Å². The van der Waals surface area contributed by atoms with Crippen molar-refractivity contribution in [2.45, 2.75) is 42.9 Å². The van der Waals surface area contributed by atoms with E-state index in [4.69, 9.17) is 4.74 Å². The van der Waals surface area contributed by atoms with E-state index < -0.39 is 21.8 Å². The van der Waals surface area contributed by atoms with Crippen LogP contribution >= 0.6 is 0 Å². The third kappa shape index (κ3) is 3.89. The van der Waals surface area contributed by atoms with Gasteiger partial charge in [-0.1, -0.05) is 12.1 Å². The van der Waals surface area contributed by atoms with Crippen LogP contribution in [0.5, 0.6) is 0 Å². The molecule has 0 bridgehead atoms. The number of hydrogen-bond acceptors (Lipinski definition) is 4. The van der Waals surface area contributed by atoms with E-state index in [9.17, 15) is 21.6 Å². The van der Waals surface area contributed by atoms with Gasteiger partial charge in [-0.15, -0.1) is 0 Å². The molecule has 0 radical (unpaired) electrons. The lowest BCUT2D eigenvalue weighted by Gasteiger charge is -2.13. The van der Waals surface area contributed by atoms with Gasteiger partial charge in [-0.2, -0.15) is 13.2 Å². The Labute approximate surface area is 166 Å². The molecule has 1 aliphatic rings. The number of halogens is 3. The second kappa shape index (κ2) is 7.46. The zero-order chi connectivity index (χ0) is 20.6. The lowest BCUT2D eigenvalue weighted by Crippen LogP contribution is -2.18. The summed E-state index contributed by atoms with van der Waals surface area (Å²) in [5.41, 5.74) is 0.0191. The molecule has 154 valence electrons. The molecule has 0 amide bonds. The number of ether oxygens (including phenoxy) is 1. The van der Waals surface area contributed by atoms with Gasteiger partial charge < -0.3 is 4.74 Å². The number of rotatable bonds is 5. The lowest BCUT2D eigenvalue weighted by molar-refractivity contribution is -0.137. The topological polar surface area (TPSA) is 61.2 Å². The Morgan fingerprint density at radius 2 is 1.83 bits per heavy atom. The van der Waals surface area contributed by atoms with Gasteiger partial charge in [0.25, 0.3) is 10.0 Å². The molecule has 9 heteroatoms. The molecule has 2 aromatic carbocycles. The zero-order valence-electron chi connectivity index (χ0n) is 15.4. The second-order valence-corrected chi connectivity index (χ2v) is 8.77. The van der Waals surface area contributed by atoms with Crippen molar-refractivity contribution in [2.24, 2.45) is 0 Å². The van der Waals surface area contributed by atoms with Gasteiger partial charge in [0.15, 0.2) is 0 Å². The van der Waals surface area contributed by atoms with E-state index >= 15 is 0 Å². The largest absolute Gasteiger partial charge is 0.416 e. The fourth-order valence-corrected chi connectivity index (χ4v) is 5.08. The molecule has 0 spiro atoms. The van der Waals surface area contributed by atoms with Gasteiger partial charge in [-0.25, -0.2) is 17.4 Å². The van der Waals surface area contributed by atoms with Crippen molar-refractivity contribution in [2.75, 3.05) is 6.61 Å². The molecule has 3 aromatic rings. The molecule has 4 rings (SSSR count). The number of hydrogen-bond donors (Lipinski definition) is 0. The first-order chi connectivity index (χ1) is 13.8. The van der Waals surface area contributed by atoms with E-state index in [0.29, 0.717) is 36.3 Å². The zero-order valence-corrected chi connectivity index (χ0v) is 16.2. The number of aromatic nitrogens is 2. The number of imidazole rings is 1. The van der Waals surface area contributed by atoms with Crippen molar-refractivity contribution in [1.82, 2.24) is 8.96 Å². The highest BCUT2D eigenvalue weighted by Gasteiger charge is 2.31. The molecule has 29 heavy (non-hydrogen) atoms. The molecular formula is C20H19F3N2O3S. The maximum absolute atomic E-state index is 13.3. The minimum Gasteiger partial charge on any atom is -0.378 e. The lowest BCUT2D eigenvalue weighted by atomic mass is 10.1. The van der Waals surface area contributed by atoms with Crippen LogP contribution in [0.2, 0.25) is 0 Å². The predicted octanol–water partition coefficient (Wildman–Crippen LogP) is 4.40. The normalized spacial score (nSPS) is 17.8. The Bertz CT molecular complexity index is 1120. The minimum atomic E-state index is -4.53. The minimum absolute atomic E-state index is 0.0667. The van der Waals surface area contributed by atoms with Gasteiger partial charge in [-0.3, -0.25) is 0 Å². The van der Waals surface area contributed by atoms with Crippen molar-refractivity contribution in [1.29, 1.82) is 0 Å². The number of fused-ring (bicyclic) bond motifs is 1. The molecule has 0 saturated carbocycles. The third-order valence-electron chi connectivity index (χ3n) is 5.02. The van der Waals surface area contributed by atoms with E-state index in [1.165, 1.54) is 0 Å². The average Bonchev–Trinajstić information content (AvgIpc) is 3.33. The van der Waals surface area contributed by atoms with E-state index in [0.717, 1.165) is 41.1 Å². The quantitative estimate of drug-likeness (QED) is 0.609. The first kappa shape index (κ1) is 19.9. The summed E-state index contributed by atoms with van der Waals surface area (Å²) in [6, 6.07) is 10.3. The fraction of sp³-hybridized carbons (Fsp3) is 0.350. The highest BCUT2D eigenvalue weighted by atomic mass is 32.2. The highest BCUT2D eigenvalue weighted by Crippen LogP contribution is 2.31. The molecule has 1 unspecified atom stereocenters. The van der Waals surface area contributed by atoms with Crippen LogP contribution in [0, 0.1) is 0 Å². The molecule has 1 aliphatic heterocycles. The van der Waals surface area contributed by atoms with Crippen molar-refractivity contribution < 1.29 is 26.3 Å². The number of aryl methyl sites for hydroxylation is 1. The maximum Gasteiger partial charge on any atom is 0.416 e. The van der Waals surface area contributed by atoms with Crippen LogP contribution in [0.4, 0.5) is 13.2 Å². The summed E-state index contributed by atoms with van der Waals surface area (Å²) in [7, 11) is -4.11. The van der Waals surface area contributed by atoms with Crippen molar-refractivity contribution in [3.8, 4) is 0 Å². The van der Waals surface area contributed by atoms with E-state index in [1.807, 2.05) is 0 Å². The molecule has 1 saturated heterocycles. The smallest absolute Gasteiger partial charge is 0.378 e. The Kier molecular flexibility index (Phi) is 5.12. The monoisotopic (exact) mass is 424 g/mol. The van der Waals surface area contributed by atoms with Crippen molar-refractivity contribution in [3.05, 3.63) is 59.9 Å². The van der Waals surface area contributed by atoms with Crippen LogP contribution in [-0.4, -0.2) is 30.1 Å². The van der Waals surface area contributed by atoms with Crippen LogP contribution in [-0.2, 0) is 27.4 Å². The number of para-hydroxylation sites is 2. The molecule has 0 N–H and O–H groups in total. The average molecular weight is 424 g/mol. The fourth-order valence-electron chi connectivity index (χ4n) is 3.56. The Balaban J connectivity index is 1.75. The van der Waals surface area contributed by atoms with Gasteiger partial charge in [0.2, 0.25) is 0 Å². The van der Waals surface area contributed by atoms with Gasteiger partial charge in [0.1, 0.15) is 5.82 Å². The van der Waals surface area contributed by atoms with E-state index in [2.05, 4.69) is 4.98 Å².